The zero-order chi connectivity index (χ0) is 22.7. The van der Waals surface area contributed by atoms with Crippen molar-refractivity contribution >= 4 is 30.3 Å². The van der Waals surface area contributed by atoms with Crippen LogP contribution in [0.15, 0.2) is 23.2 Å². The molecule has 0 spiro atoms. The standard InChI is InChI=1S/C13H15N2O3.3C4H9.Sn/c1-10-3-4-11(7-12(10)15(16)17)8-14-13(5-6-13)9-18-2;3*1-3-4-2;/h3-4,7-8H,2,5-6,9H2,1H3;3*1,3-4H2,2H3;. The summed E-state index contributed by atoms with van der Waals surface area (Å²) in [5.41, 5.74) is 1.54. The average Bonchev–Trinajstić information content (AvgIpc) is 3.53. The van der Waals surface area contributed by atoms with Crippen LogP contribution in [0.25, 0.3) is 0 Å². The Kier molecular flexibility index (Phi) is 11.0. The molecule has 2 rings (SSSR count). The molecule has 1 aromatic carbocycles. The van der Waals surface area contributed by atoms with Crippen LogP contribution in [0.2, 0.25) is 13.3 Å². The van der Waals surface area contributed by atoms with Crippen LogP contribution in [0.1, 0.15) is 83.3 Å². The fourth-order valence-corrected chi connectivity index (χ4v) is 18.6. The minimum atomic E-state index is -2.26. The zero-order valence-corrected chi connectivity index (χ0v) is 23.0. The number of nitro benzene ring substituents is 1. The van der Waals surface area contributed by atoms with Gasteiger partial charge in [-0.3, -0.25) is 0 Å². The van der Waals surface area contributed by atoms with Gasteiger partial charge < -0.3 is 0 Å². The van der Waals surface area contributed by atoms with E-state index in [0.29, 0.717) is 12.2 Å². The Morgan fingerprint density at radius 3 is 2.16 bits per heavy atom. The Hall–Kier alpha value is -0.951. The third-order valence-corrected chi connectivity index (χ3v) is 21.1. The van der Waals surface area contributed by atoms with Crippen LogP contribution in [-0.4, -0.2) is 46.3 Å². The molecular formula is C25H42N2O3Sn. The van der Waals surface area contributed by atoms with Crippen LogP contribution in [0.3, 0.4) is 0 Å². The van der Waals surface area contributed by atoms with Crippen molar-refractivity contribution in [1.29, 1.82) is 0 Å². The topological polar surface area (TPSA) is 64.7 Å². The average molecular weight is 537 g/mol. The summed E-state index contributed by atoms with van der Waals surface area (Å²) in [4.78, 5) is 15.7. The molecule has 6 heteroatoms. The molecule has 0 unspecified atom stereocenters. The molecule has 0 heterocycles. The molecule has 174 valence electrons. The van der Waals surface area contributed by atoms with Crippen LogP contribution < -0.4 is 0 Å². The summed E-state index contributed by atoms with van der Waals surface area (Å²) in [6.45, 7) is 9.39. The van der Waals surface area contributed by atoms with Gasteiger partial charge in [-0.05, 0) is 0 Å². The number of hydrogen-bond donors (Lipinski definition) is 0. The number of nitrogens with zero attached hydrogens (tertiary/aromatic N) is 2. The fraction of sp³-hybridized carbons (Fsp3) is 0.720. The molecule has 1 aromatic rings. The summed E-state index contributed by atoms with van der Waals surface area (Å²) < 4.78 is 11.9. The minimum absolute atomic E-state index is 0.0997. The second-order valence-corrected chi connectivity index (χ2v) is 23.3. The Bertz CT molecular complexity index is 710. The Labute approximate surface area is 193 Å². The van der Waals surface area contributed by atoms with Gasteiger partial charge in [0, 0.05) is 0 Å². The van der Waals surface area contributed by atoms with Crippen molar-refractivity contribution in [3.8, 4) is 0 Å². The number of aryl methyl sites for hydroxylation is 1. The first kappa shape index (κ1) is 26.3. The van der Waals surface area contributed by atoms with E-state index in [2.05, 4.69) is 20.8 Å². The van der Waals surface area contributed by atoms with Gasteiger partial charge in [0.05, 0.1) is 0 Å². The van der Waals surface area contributed by atoms with E-state index in [0.717, 1.165) is 23.0 Å². The first-order valence-corrected chi connectivity index (χ1v) is 20.3. The van der Waals surface area contributed by atoms with Crippen molar-refractivity contribution < 1.29 is 9.66 Å². The van der Waals surface area contributed by atoms with Crippen molar-refractivity contribution in [2.45, 2.75) is 97.9 Å². The quantitative estimate of drug-likeness (QED) is 0.0965. The van der Waals surface area contributed by atoms with E-state index in [1.54, 1.807) is 19.1 Å². The van der Waals surface area contributed by atoms with Gasteiger partial charge in [0.25, 0.3) is 0 Å². The molecule has 0 atom stereocenters. The molecule has 0 radical (unpaired) electrons. The number of rotatable bonds is 16. The molecule has 31 heavy (non-hydrogen) atoms. The second-order valence-electron chi connectivity index (χ2n) is 9.59. The fourth-order valence-electron chi connectivity index (χ4n) is 4.27. The molecule has 1 saturated carbocycles. The van der Waals surface area contributed by atoms with Crippen LogP contribution in [0, 0.1) is 17.0 Å². The Morgan fingerprint density at radius 2 is 1.68 bits per heavy atom. The van der Waals surface area contributed by atoms with Crippen molar-refractivity contribution in [3.05, 3.63) is 39.4 Å². The van der Waals surface area contributed by atoms with Crippen LogP contribution in [0.4, 0.5) is 5.69 Å². The van der Waals surface area contributed by atoms with E-state index in [9.17, 15) is 10.1 Å². The number of ether oxygens (including phenoxy) is 1. The Morgan fingerprint density at radius 1 is 1.10 bits per heavy atom. The molecule has 0 bridgehead atoms. The molecule has 5 nitrogen and oxygen atoms in total. The molecule has 0 saturated heterocycles. The second kappa shape index (κ2) is 12.9. The van der Waals surface area contributed by atoms with E-state index in [-0.39, 0.29) is 16.1 Å². The summed E-state index contributed by atoms with van der Waals surface area (Å²) in [6.07, 6.45) is 11.9. The van der Waals surface area contributed by atoms with E-state index < -0.39 is 18.4 Å². The van der Waals surface area contributed by atoms with Crippen LogP contribution >= 0.6 is 0 Å². The number of benzene rings is 1. The van der Waals surface area contributed by atoms with Gasteiger partial charge in [-0.15, -0.1) is 0 Å². The molecule has 1 aliphatic carbocycles. The Balaban J connectivity index is 1.99. The zero-order valence-electron chi connectivity index (χ0n) is 20.1. The molecule has 1 fully saturated rings. The van der Waals surface area contributed by atoms with Gasteiger partial charge in [-0.25, -0.2) is 0 Å². The summed E-state index contributed by atoms with van der Waals surface area (Å²) in [7, 11) is 0. The van der Waals surface area contributed by atoms with E-state index >= 15 is 0 Å². The summed E-state index contributed by atoms with van der Waals surface area (Å²) >= 11 is -2.26. The van der Waals surface area contributed by atoms with E-state index in [1.165, 1.54) is 51.8 Å². The summed E-state index contributed by atoms with van der Waals surface area (Å²) in [5.74, 6) is 0. The van der Waals surface area contributed by atoms with Gasteiger partial charge >= 0.3 is 194 Å². The van der Waals surface area contributed by atoms with Gasteiger partial charge in [0.1, 0.15) is 0 Å². The van der Waals surface area contributed by atoms with Gasteiger partial charge in [-0.1, -0.05) is 0 Å². The SMILES string of the molecule is CCC[CH2][Sn]([CH2]CCC)([CH2]CCC)[CH2]OCC1(N=Cc2ccc(C)c([N+](=O)[O-])c2)CC1. The molecule has 0 N–H and O–H groups in total. The monoisotopic (exact) mass is 538 g/mol. The first-order chi connectivity index (χ1) is 14.9. The van der Waals surface area contributed by atoms with E-state index in [1.807, 2.05) is 12.3 Å². The van der Waals surface area contributed by atoms with Gasteiger partial charge in [-0.2, -0.15) is 0 Å². The molecule has 0 aliphatic heterocycles. The number of unbranched alkanes of at least 4 members (excludes halogenated alkanes) is 3. The van der Waals surface area contributed by atoms with Crippen molar-refractivity contribution in [3.63, 3.8) is 0 Å². The molecule has 0 aromatic heterocycles. The summed E-state index contributed by atoms with van der Waals surface area (Å²) in [5, 5.41) is 11.2. The number of aliphatic imine (C=N–C) groups is 1. The van der Waals surface area contributed by atoms with Crippen molar-refractivity contribution in [2.75, 3.05) is 11.2 Å². The van der Waals surface area contributed by atoms with Crippen molar-refractivity contribution in [2.24, 2.45) is 4.99 Å². The predicted octanol–water partition coefficient (Wildman–Crippen LogP) is 7.26. The van der Waals surface area contributed by atoms with Crippen molar-refractivity contribution in [1.82, 2.24) is 0 Å². The van der Waals surface area contributed by atoms with Gasteiger partial charge in [0.15, 0.2) is 0 Å². The van der Waals surface area contributed by atoms with Gasteiger partial charge in [0.2, 0.25) is 0 Å². The molecule has 1 aliphatic rings. The number of nitro groups is 1. The first-order valence-electron chi connectivity index (χ1n) is 12.3. The maximum atomic E-state index is 11.2. The molecule has 0 amide bonds. The number of hydrogen-bond acceptors (Lipinski definition) is 4. The molecular weight excluding hydrogens is 495 g/mol. The van der Waals surface area contributed by atoms with Crippen LogP contribution in [0.5, 0.6) is 0 Å². The normalized spacial score (nSPS) is 15.5. The maximum absolute atomic E-state index is 11.2. The third kappa shape index (κ3) is 8.48. The van der Waals surface area contributed by atoms with E-state index in [4.69, 9.17) is 9.73 Å². The van der Waals surface area contributed by atoms with Crippen LogP contribution in [-0.2, 0) is 4.74 Å². The third-order valence-electron chi connectivity index (χ3n) is 6.71. The predicted molar refractivity (Wildman–Crippen MR) is 133 cm³/mol. The summed E-state index contributed by atoms with van der Waals surface area (Å²) in [6, 6.07) is 5.33.